The average molecular weight is 397 g/mol. The lowest BCUT2D eigenvalue weighted by atomic mass is 10.1. The van der Waals surface area contributed by atoms with E-state index in [1.54, 1.807) is 22.9 Å². The summed E-state index contributed by atoms with van der Waals surface area (Å²) in [5, 5.41) is 7.51. The van der Waals surface area contributed by atoms with Crippen molar-refractivity contribution in [3.8, 4) is 16.9 Å². The van der Waals surface area contributed by atoms with Crippen LogP contribution in [0.1, 0.15) is 11.1 Å². The average Bonchev–Trinajstić information content (AvgIpc) is 3.19. The molecule has 1 N–H and O–H groups in total. The van der Waals surface area contributed by atoms with Crippen LogP contribution in [0.15, 0.2) is 91.1 Å². The minimum absolute atomic E-state index is 0.239. The van der Waals surface area contributed by atoms with Crippen LogP contribution in [0.4, 0.5) is 10.1 Å². The third-order valence-corrected chi connectivity index (χ3v) is 4.61. The third-order valence-electron chi connectivity index (χ3n) is 4.61. The van der Waals surface area contributed by atoms with Gasteiger partial charge in [-0.25, -0.2) is 9.07 Å². The van der Waals surface area contributed by atoms with E-state index in [1.165, 1.54) is 18.2 Å². The van der Waals surface area contributed by atoms with E-state index in [0.717, 1.165) is 28.1 Å². The number of benzene rings is 3. The molecule has 5 heteroatoms. The molecule has 4 rings (SSSR count). The SMILES string of the molecule is Cc1ccc(NC(=O)/C=C/c2cn(-c3ccccc3)nc2-c2ccc(F)cc2)cc1. The lowest BCUT2D eigenvalue weighted by Gasteiger charge is -2.02. The van der Waals surface area contributed by atoms with Gasteiger partial charge in [0.1, 0.15) is 5.82 Å². The molecule has 0 radical (unpaired) electrons. The molecule has 148 valence electrons. The molecule has 0 saturated carbocycles. The molecule has 0 aliphatic rings. The first kappa shape index (κ1) is 19.3. The van der Waals surface area contributed by atoms with Crippen LogP contribution in [-0.2, 0) is 4.79 Å². The summed E-state index contributed by atoms with van der Waals surface area (Å²) in [7, 11) is 0. The molecular weight excluding hydrogens is 377 g/mol. The predicted molar refractivity (Wildman–Crippen MR) is 118 cm³/mol. The molecule has 0 saturated heterocycles. The molecule has 0 bridgehead atoms. The molecule has 4 nitrogen and oxygen atoms in total. The largest absolute Gasteiger partial charge is 0.323 e. The molecule has 3 aromatic carbocycles. The van der Waals surface area contributed by atoms with Crippen molar-refractivity contribution in [1.29, 1.82) is 0 Å². The van der Waals surface area contributed by atoms with Gasteiger partial charge < -0.3 is 5.32 Å². The Hall–Kier alpha value is -3.99. The van der Waals surface area contributed by atoms with E-state index in [9.17, 15) is 9.18 Å². The van der Waals surface area contributed by atoms with Crippen LogP contribution in [0.25, 0.3) is 23.0 Å². The molecule has 0 spiro atoms. The van der Waals surface area contributed by atoms with Crippen molar-refractivity contribution in [2.45, 2.75) is 6.92 Å². The number of hydrogen-bond acceptors (Lipinski definition) is 2. The number of anilines is 1. The van der Waals surface area contributed by atoms with Gasteiger partial charge in [0.15, 0.2) is 0 Å². The molecule has 0 atom stereocenters. The van der Waals surface area contributed by atoms with Crippen molar-refractivity contribution < 1.29 is 9.18 Å². The third kappa shape index (κ3) is 4.52. The zero-order chi connectivity index (χ0) is 20.9. The van der Waals surface area contributed by atoms with Gasteiger partial charge in [-0.1, -0.05) is 35.9 Å². The monoisotopic (exact) mass is 397 g/mol. The second kappa shape index (κ2) is 8.57. The zero-order valence-corrected chi connectivity index (χ0v) is 16.4. The van der Waals surface area contributed by atoms with Gasteiger partial charge >= 0.3 is 0 Å². The highest BCUT2D eigenvalue weighted by molar-refractivity contribution is 6.02. The van der Waals surface area contributed by atoms with E-state index in [0.29, 0.717) is 5.69 Å². The fraction of sp³-hybridized carbons (Fsp3) is 0.0400. The number of aryl methyl sites for hydroxylation is 1. The minimum Gasteiger partial charge on any atom is -0.323 e. The number of carbonyl (C=O) groups excluding carboxylic acids is 1. The van der Waals surface area contributed by atoms with Gasteiger partial charge in [-0.3, -0.25) is 4.79 Å². The maximum Gasteiger partial charge on any atom is 0.248 e. The highest BCUT2D eigenvalue weighted by atomic mass is 19.1. The van der Waals surface area contributed by atoms with Gasteiger partial charge in [0.2, 0.25) is 5.91 Å². The number of hydrogen-bond donors (Lipinski definition) is 1. The number of nitrogens with zero attached hydrogens (tertiary/aromatic N) is 2. The first-order valence-electron chi connectivity index (χ1n) is 9.55. The van der Waals surface area contributed by atoms with Crippen molar-refractivity contribution in [1.82, 2.24) is 9.78 Å². The van der Waals surface area contributed by atoms with E-state index in [2.05, 4.69) is 10.4 Å². The summed E-state index contributed by atoms with van der Waals surface area (Å²) in [5.74, 6) is -0.549. The van der Waals surface area contributed by atoms with Crippen molar-refractivity contribution in [2.24, 2.45) is 0 Å². The summed E-state index contributed by atoms with van der Waals surface area (Å²) >= 11 is 0. The lowest BCUT2D eigenvalue weighted by molar-refractivity contribution is -0.111. The van der Waals surface area contributed by atoms with Crippen molar-refractivity contribution in [3.63, 3.8) is 0 Å². The van der Waals surface area contributed by atoms with Gasteiger partial charge in [-0.2, -0.15) is 5.10 Å². The van der Waals surface area contributed by atoms with Crippen LogP contribution in [0.3, 0.4) is 0 Å². The molecule has 0 aliphatic carbocycles. The fourth-order valence-corrected chi connectivity index (χ4v) is 3.04. The first-order valence-corrected chi connectivity index (χ1v) is 9.55. The first-order chi connectivity index (χ1) is 14.6. The molecular formula is C25H20FN3O. The van der Waals surface area contributed by atoms with Gasteiger partial charge in [0, 0.05) is 29.1 Å². The van der Waals surface area contributed by atoms with Crippen LogP contribution < -0.4 is 5.32 Å². The second-order valence-electron chi connectivity index (χ2n) is 6.91. The second-order valence-corrected chi connectivity index (χ2v) is 6.91. The Morgan fingerprint density at radius 2 is 1.67 bits per heavy atom. The molecule has 30 heavy (non-hydrogen) atoms. The molecule has 0 fully saturated rings. The molecule has 1 amide bonds. The summed E-state index contributed by atoms with van der Waals surface area (Å²) in [6.07, 6.45) is 5.04. The van der Waals surface area contributed by atoms with Crippen LogP contribution in [0.2, 0.25) is 0 Å². The quantitative estimate of drug-likeness (QED) is 0.443. The van der Waals surface area contributed by atoms with Gasteiger partial charge in [0.05, 0.1) is 11.4 Å². The Balaban J connectivity index is 1.64. The van der Waals surface area contributed by atoms with Crippen LogP contribution >= 0.6 is 0 Å². The predicted octanol–water partition coefficient (Wildman–Crippen LogP) is 5.64. The van der Waals surface area contributed by atoms with E-state index < -0.39 is 0 Å². The molecule has 1 heterocycles. The highest BCUT2D eigenvalue weighted by Gasteiger charge is 2.11. The van der Waals surface area contributed by atoms with E-state index in [4.69, 9.17) is 0 Å². The number of aromatic nitrogens is 2. The minimum atomic E-state index is -0.309. The summed E-state index contributed by atoms with van der Waals surface area (Å²) in [6.45, 7) is 1.99. The van der Waals surface area contributed by atoms with Crippen molar-refractivity contribution in [2.75, 3.05) is 5.32 Å². The number of nitrogens with one attached hydrogen (secondary N) is 1. The van der Waals surface area contributed by atoms with Crippen LogP contribution in [-0.4, -0.2) is 15.7 Å². The lowest BCUT2D eigenvalue weighted by Crippen LogP contribution is -2.07. The summed E-state index contributed by atoms with van der Waals surface area (Å²) < 4.78 is 15.1. The highest BCUT2D eigenvalue weighted by Crippen LogP contribution is 2.25. The number of para-hydroxylation sites is 1. The topological polar surface area (TPSA) is 46.9 Å². The van der Waals surface area contributed by atoms with Gasteiger partial charge in [0.25, 0.3) is 0 Å². The summed E-state index contributed by atoms with van der Waals surface area (Å²) in [5.41, 5.74) is 4.94. The van der Waals surface area contributed by atoms with E-state index in [1.807, 2.05) is 67.7 Å². The Bertz CT molecular complexity index is 1180. The van der Waals surface area contributed by atoms with E-state index in [-0.39, 0.29) is 11.7 Å². The smallest absolute Gasteiger partial charge is 0.248 e. The molecule has 4 aromatic rings. The maximum absolute atomic E-state index is 13.4. The Labute approximate surface area is 174 Å². The summed E-state index contributed by atoms with van der Waals surface area (Å²) in [4.78, 5) is 12.4. The van der Waals surface area contributed by atoms with Crippen molar-refractivity contribution >= 4 is 17.7 Å². The Kier molecular flexibility index (Phi) is 5.52. The van der Waals surface area contributed by atoms with Gasteiger partial charge in [-0.05, 0) is 61.5 Å². The normalized spacial score (nSPS) is 11.0. The maximum atomic E-state index is 13.4. The molecule has 1 aromatic heterocycles. The molecule has 0 aliphatic heterocycles. The number of amides is 1. The molecule has 0 unspecified atom stereocenters. The van der Waals surface area contributed by atoms with Crippen LogP contribution in [0, 0.1) is 12.7 Å². The van der Waals surface area contributed by atoms with E-state index >= 15 is 0 Å². The van der Waals surface area contributed by atoms with Crippen LogP contribution in [0.5, 0.6) is 0 Å². The summed E-state index contributed by atoms with van der Waals surface area (Å²) in [6, 6.07) is 23.4. The number of carbonyl (C=O) groups is 1. The number of halogens is 1. The van der Waals surface area contributed by atoms with Gasteiger partial charge in [-0.15, -0.1) is 0 Å². The van der Waals surface area contributed by atoms with Crippen molar-refractivity contribution in [3.05, 3.63) is 108 Å². The number of rotatable bonds is 5. The fourth-order valence-electron chi connectivity index (χ4n) is 3.04. The zero-order valence-electron chi connectivity index (χ0n) is 16.4. The standard InChI is InChI=1S/C25H20FN3O/c1-18-7-14-22(15-8-18)27-24(30)16-11-20-17-29(23-5-3-2-4-6-23)28-25(20)19-9-12-21(26)13-10-19/h2-17H,1H3,(H,27,30)/b16-11+. The Morgan fingerprint density at radius 1 is 0.967 bits per heavy atom. The Morgan fingerprint density at radius 3 is 2.37 bits per heavy atom.